The average Bonchev–Trinajstić information content (AvgIpc) is 2.96. The van der Waals surface area contributed by atoms with Crippen molar-refractivity contribution in [3.63, 3.8) is 0 Å². The quantitative estimate of drug-likeness (QED) is 0.206. The Kier molecular flexibility index (Phi) is 14.7. The van der Waals surface area contributed by atoms with E-state index < -0.39 is 98.3 Å². The Morgan fingerprint density at radius 1 is 0.370 bits per heavy atom. The van der Waals surface area contributed by atoms with Crippen LogP contribution in [-0.4, -0.2) is 62.8 Å². The normalized spacial score (nSPS) is 9.39. The Bertz CT molecular complexity index is 1340. The Labute approximate surface area is 278 Å². The van der Waals surface area contributed by atoms with Crippen LogP contribution in [-0.2, 0) is 0 Å². The van der Waals surface area contributed by atoms with Crippen LogP contribution in [0.1, 0.15) is 31.1 Å². The van der Waals surface area contributed by atoms with Crippen molar-refractivity contribution in [2.24, 2.45) is 0 Å². The van der Waals surface area contributed by atoms with Crippen molar-refractivity contribution in [3.05, 3.63) is 132 Å². The average molecular weight is 775 g/mol. The van der Waals surface area contributed by atoms with Gasteiger partial charge in [-0.1, -0.05) is 0 Å². The third-order valence-electron chi connectivity index (χ3n) is 4.71. The predicted molar refractivity (Wildman–Crippen MR) is 140 cm³/mol. The molecule has 3 N–H and O–H groups in total. The molecule has 0 unspecified atom stereocenters. The van der Waals surface area contributed by atoms with Crippen LogP contribution in [0.3, 0.4) is 0 Å². The maximum atomic E-state index is 10.5. The zero-order chi connectivity index (χ0) is 34.8. The van der Waals surface area contributed by atoms with Crippen LogP contribution in [0.5, 0.6) is 0 Å². The molecule has 0 aliphatic carbocycles. The molecule has 25 heteroatoms. The molecule has 237 valence electrons. The van der Waals surface area contributed by atoms with Crippen LogP contribution in [0.4, 0.5) is 34.1 Å². The zero-order valence-electron chi connectivity index (χ0n) is 21.9. The van der Waals surface area contributed by atoms with E-state index in [2.05, 4.69) is 0 Å². The molecule has 0 fully saturated rings. The van der Waals surface area contributed by atoms with Gasteiger partial charge in [-0.25, -0.2) is 14.4 Å². The standard InChI is InChI=1S/3C7H4N2O6.La/c3*10-7(11)4-1-5(8(12)13)3-6(2-4)9(14)15;/h3*1-3H,(H,10,11);. The molecule has 46 heavy (non-hydrogen) atoms. The Balaban J connectivity index is 0.000000653. The van der Waals surface area contributed by atoms with Gasteiger partial charge in [0.05, 0.1) is 64.4 Å². The first-order chi connectivity index (χ1) is 20.7. The molecular formula is C21H12LaN6O18. The van der Waals surface area contributed by atoms with Gasteiger partial charge in [0.1, 0.15) is 0 Å². The number of benzene rings is 3. The molecule has 24 nitrogen and oxygen atoms in total. The summed E-state index contributed by atoms with van der Waals surface area (Å²) in [6, 6.07) is 6.66. The summed E-state index contributed by atoms with van der Waals surface area (Å²) in [4.78, 5) is 88.2. The van der Waals surface area contributed by atoms with Gasteiger partial charge in [0, 0.05) is 72.0 Å². The molecule has 1 radical (unpaired) electrons. The first-order valence-electron chi connectivity index (χ1n) is 10.8. The van der Waals surface area contributed by atoms with Crippen LogP contribution in [0.25, 0.3) is 0 Å². The number of nitro groups is 6. The largest absolute Gasteiger partial charge is 0.478 e. The van der Waals surface area contributed by atoms with E-state index in [1.54, 1.807) is 0 Å². The number of nitro benzene ring substituents is 6. The van der Waals surface area contributed by atoms with Gasteiger partial charge in [0.25, 0.3) is 34.1 Å². The molecule has 3 aromatic rings. The van der Waals surface area contributed by atoms with E-state index in [4.69, 9.17) is 15.3 Å². The molecule has 0 atom stereocenters. The number of carboxylic acid groups (broad SMARTS) is 3. The maximum absolute atomic E-state index is 10.5. The summed E-state index contributed by atoms with van der Waals surface area (Å²) in [6.45, 7) is 0. The van der Waals surface area contributed by atoms with Crippen molar-refractivity contribution in [2.75, 3.05) is 0 Å². The fourth-order valence-corrected chi connectivity index (χ4v) is 2.79. The minimum absolute atomic E-state index is 0. The number of rotatable bonds is 9. The van der Waals surface area contributed by atoms with Gasteiger partial charge in [-0.2, -0.15) is 0 Å². The Morgan fingerprint density at radius 3 is 0.587 bits per heavy atom. The summed E-state index contributed by atoms with van der Waals surface area (Å²) in [7, 11) is 0. The van der Waals surface area contributed by atoms with E-state index in [0.717, 1.165) is 36.4 Å². The first-order valence-corrected chi connectivity index (χ1v) is 10.8. The fraction of sp³-hybridized carbons (Fsp3) is 0. The van der Waals surface area contributed by atoms with E-state index in [0.29, 0.717) is 18.2 Å². The van der Waals surface area contributed by atoms with E-state index in [1.807, 2.05) is 0 Å². The Morgan fingerprint density at radius 2 is 0.500 bits per heavy atom. The smallest absolute Gasteiger partial charge is 0.336 e. The van der Waals surface area contributed by atoms with Crippen molar-refractivity contribution in [1.82, 2.24) is 0 Å². The monoisotopic (exact) mass is 775 g/mol. The summed E-state index contributed by atoms with van der Waals surface area (Å²) in [5.41, 5.74) is -5.21. The van der Waals surface area contributed by atoms with Crippen LogP contribution >= 0.6 is 0 Å². The SMILES string of the molecule is O=C(O)c1cc([N+](=O)[O-])cc([N+](=O)[O-])c1.O=C(O)c1cc([N+](=O)[O-])cc([N+](=O)[O-])c1.O=C(O)c1cc([N+](=O)[O-])cc([N+](=O)[O-])c1.[La]. The second-order valence-electron chi connectivity index (χ2n) is 7.67. The molecular weight excluding hydrogens is 763 g/mol. The summed E-state index contributed by atoms with van der Waals surface area (Å²) in [6.07, 6.45) is 0. The second kappa shape index (κ2) is 17.1. The molecule has 0 aliphatic rings. The van der Waals surface area contributed by atoms with Gasteiger partial charge >= 0.3 is 17.9 Å². The molecule has 0 heterocycles. The van der Waals surface area contributed by atoms with Crippen molar-refractivity contribution >= 4 is 52.0 Å². The third kappa shape index (κ3) is 11.7. The fourth-order valence-electron chi connectivity index (χ4n) is 2.79. The molecule has 0 spiro atoms. The second-order valence-corrected chi connectivity index (χ2v) is 7.67. The number of aromatic carboxylic acids is 3. The van der Waals surface area contributed by atoms with E-state index in [9.17, 15) is 75.1 Å². The molecule has 3 aromatic carbocycles. The van der Waals surface area contributed by atoms with Gasteiger partial charge in [0.2, 0.25) is 0 Å². The molecule has 0 bridgehead atoms. The molecule has 0 amide bonds. The van der Waals surface area contributed by atoms with E-state index >= 15 is 0 Å². The predicted octanol–water partition coefficient (Wildman–Crippen LogP) is 3.60. The van der Waals surface area contributed by atoms with Gasteiger partial charge in [-0.3, -0.25) is 60.7 Å². The van der Waals surface area contributed by atoms with Crippen molar-refractivity contribution < 1.29 is 94.8 Å². The van der Waals surface area contributed by atoms with Crippen molar-refractivity contribution in [2.45, 2.75) is 0 Å². The van der Waals surface area contributed by atoms with E-state index in [1.165, 1.54) is 0 Å². The summed E-state index contributed by atoms with van der Waals surface area (Å²) >= 11 is 0. The topological polar surface area (TPSA) is 371 Å². The maximum Gasteiger partial charge on any atom is 0.336 e. The Hall–Kier alpha value is -6.34. The number of hydrogen-bond donors (Lipinski definition) is 3. The van der Waals surface area contributed by atoms with Gasteiger partial charge in [-0.05, 0) is 0 Å². The number of non-ortho nitro benzene ring substituents is 6. The van der Waals surface area contributed by atoms with Crippen molar-refractivity contribution in [1.29, 1.82) is 0 Å². The zero-order valence-corrected chi connectivity index (χ0v) is 25.5. The molecule has 0 aromatic heterocycles. The number of carbonyl (C=O) groups is 3. The molecule has 0 saturated carbocycles. The van der Waals surface area contributed by atoms with Crippen LogP contribution in [0.15, 0.2) is 54.6 Å². The van der Waals surface area contributed by atoms with Crippen molar-refractivity contribution in [3.8, 4) is 0 Å². The van der Waals surface area contributed by atoms with Gasteiger partial charge in [0.15, 0.2) is 0 Å². The third-order valence-corrected chi connectivity index (χ3v) is 4.71. The van der Waals surface area contributed by atoms with Gasteiger partial charge in [-0.15, -0.1) is 0 Å². The number of nitrogens with zero attached hydrogens (tertiary/aromatic N) is 6. The summed E-state index contributed by atoms with van der Waals surface area (Å²) in [5.74, 6) is -4.37. The minimum atomic E-state index is -1.46. The molecule has 0 saturated heterocycles. The first kappa shape index (κ1) is 39.7. The summed E-state index contributed by atoms with van der Waals surface area (Å²) in [5, 5.41) is 87.7. The van der Waals surface area contributed by atoms with E-state index in [-0.39, 0.29) is 35.6 Å². The van der Waals surface area contributed by atoms with Crippen LogP contribution in [0, 0.1) is 96.3 Å². The minimum Gasteiger partial charge on any atom is -0.478 e. The van der Waals surface area contributed by atoms with Crippen LogP contribution in [0.2, 0.25) is 0 Å². The number of hydrogen-bond acceptors (Lipinski definition) is 15. The van der Waals surface area contributed by atoms with Crippen LogP contribution < -0.4 is 0 Å². The number of carboxylic acids is 3. The molecule has 3 rings (SSSR count). The van der Waals surface area contributed by atoms with Gasteiger partial charge < -0.3 is 15.3 Å². The molecule has 0 aliphatic heterocycles. The summed E-state index contributed by atoms with van der Waals surface area (Å²) < 4.78 is 0.